The van der Waals surface area contributed by atoms with Crippen molar-refractivity contribution in [1.29, 1.82) is 0 Å². The molecule has 1 aliphatic rings. The zero-order valence-corrected chi connectivity index (χ0v) is 10.0. The van der Waals surface area contributed by atoms with E-state index in [1.165, 1.54) is 13.0 Å². The van der Waals surface area contributed by atoms with Crippen LogP contribution in [-0.2, 0) is 4.74 Å². The Labute approximate surface area is 90.3 Å². The van der Waals surface area contributed by atoms with E-state index < -0.39 is 0 Å². The second-order valence-corrected chi connectivity index (χ2v) is 3.16. The molecule has 3 heteroatoms. The lowest BCUT2D eigenvalue weighted by Gasteiger charge is -2.26. The number of ether oxygens (including phenoxy) is 1. The lowest BCUT2D eigenvalue weighted by Crippen LogP contribution is -2.37. The fourth-order valence-electron chi connectivity index (χ4n) is 1.43. The number of hydrogen-bond donors (Lipinski definition) is 1. The van der Waals surface area contributed by atoms with Gasteiger partial charge in [0.05, 0.1) is 13.2 Å². The molecule has 0 aromatic rings. The Morgan fingerprint density at radius 1 is 1.29 bits per heavy atom. The van der Waals surface area contributed by atoms with Crippen LogP contribution >= 0.6 is 0 Å². The quantitative estimate of drug-likeness (QED) is 0.688. The molecule has 1 fully saturated rings. The molecule has 0 amide bonds. The third-order valence-electron chi connectivity index (χ3n) is 2.18. The minimum absolute atomic E-state index is 0. The van der Waals surface area contributed by atoms with Gasteiger partial charge in [0.1, 0.15) is 0 Å². The van der Waals surface area contributed by atoms with Crippen LogP contribution in [0.1, 0.15) is 28.6 Å². The summed E-state index contributed by atoms with van der Waals surface area (Å²) in [5.74, 6) is 0. The van der Waals surface area contributed by atoms with Crippen LogP contribution in [-0.4, -0.2) is 50.8 Å². The summed E-state index contributed by atoms with van der Waals surface area (Å²) in [6, 6.07) is 0. The average Bonchev–Trinajstić information content (AvgIpc) is 2.29. The summed E-state index contributed by atoms with van der Waals surface area (Å²) >= 11 is 0. The second-order valence-electron chi connectivity index (χ2n) is 3.16. The number of nitrogens with zero attached hydrogens (tertiary/aromatic N) is 1. The Morgan fingerprint density at radius 3 is 2.50 bits per heavy atom. The lowest BCUT2D eigenvalue weighted by molar-refractivity contribution is 0.0375. The van der Waals surface area contributed by atoms with Gasteiger partial charge in [-0.1, -0.05) is 20.8 Å². The summed E-state index contributed by atoms with van der Waals surface area (Å²) in [6.45, 7) is 13.7. The van der Waals surface area contributed by atoms with Gasteiger partial charge in [-0.2, -0.15) is 0 Å². The van der Waals surface area contributed by atoms with Gasteiger partial charge in [0, 0.05) is 14.5 Å². The third-order valence-corrected chi connectivity index (χ3v) is 2.18. The maximum absolute atomic E-state index is 5.27. The standard InChI is InChI=1S/C9H20N2O.C2H6.H2/c1-2-10-4-3-5-11-6-8-12-9-7-11;1-2;/h10H,2-9H2,1H3;1-2H3;1H. The third kappa shape index (κ3) is 7.30. The Hall–Kier alpha value is -0.120. The molecular weight excluding hydrogens is 176 g/mol. The monoisotopic (exact) mass is 204 g/mol. The van der Waals surface area contributed by atoms with Gasteiger partial charge in [-0.15, -0.1) is 0 Å². The first-order valence-electron chi connectivity index (χ1n) is 5.94. The van der Waals surface area contributed by atoms with Crippen LogP contribution in [0.3, 0.4) is 0 Å². The zero-order valence-electron chi connectivity index (χ0n) is 10.0. The number of morpholine rings is 1. The second kappa shape index (κ2) is 11.0. The molecule has 3 nitrogen and oxygen atoms in total. The van der Waals surface area contributed by atoms with E-state index in [4.69, 9.17) is 4.74 Å². The molecule has 1 saturated heterocycles. The van der Waals surface area contributed by atoms with E-state index in [1.807, 2.05) is 13.8 Å². The molecule has 0 aromatic heterocycles. The number of hydrogen-bond acceptors (Lipinski definition) is 3. The highest BCUT2D eigenvalue weighted by atomic mass is 16.5. The molecule has 1 N–H and O–H groups in total. The van der Waals surface area contributed by atoms with Crippen LogP contribution in [0, 0.1) is 0 Å². The van der Waals surface area contributed by atoms with E-state index in [0.29, 0.717) is 0 Å². The molecule has 14 heavy (non-hydrogen) atoms. The molecule has 1 rings (SSSR count). The van der Waals surface area contributed by atoms with Gasteiger partial charge in [0.2, 0.25) is 0 Å². The maximum Gasteiger partial charge on any atom is 0.0594 e. The zero-order chi connectivity index (χ0) is 10.6. The summed E-state index contributed by atoms with van der Waals surface area (Å²) < 4.78 is 5.27. The number of rotatable bonds is 5. The first kappa shape index (κ1) is 13.9. The van der Waals surface area contributed by atoms with Gasteiger partial charge in [-0.05, 0) is 26.1 Å². The molecule has 88 valence electrons. The van der Waals surface area contributed by atoms with Crippen LogP contribution in [0.5, 0.6) is 0 Å². The van der Waals surface area contributed by atoms with E-state index in [9.17, 15) is 0 Å². The van der Waals surface area contributed by atoms with Crippen molar-refractivity contribution in [1.82, 2.24) is 10.2 Å². The summed E-state index contributed by atoms with van der Waals surface area (Å²) in [4.78, 5) is 2.47. The van der Waals surface area contributed by atoms with Gasteiger partial charge < -0.3 is 10.1 Å². The predicted molar refractivity (Wildman–Crippen MR) is 63.9 cm³/mol. The van der Waals surface area contributed by atoms with Crippen molar-refractivity contribution in [3.8, 4) is 0 Å². The fraction of sp³-hybridized carbons (Fsp3) is 1.00. The molecule has 0 aromatic carbocycles. The summed E-state index contributed by atoms with van der Waals surface area (Å²) in [7, 11) is 0. The van der Waals surface area contributed by atoms with Crippen molar-refractivity contribution in [2.24, 2.45) is 0 Å². The highest BCUT2D eigenvalue weighted by Crippen LogP contribution is 1.96. The van der Waals surface area contributed by atoms with Crippen molar-refractivity contribution in [2.75, 3.05) is 45.9 Å². The molecule has 0 aliphatic carbocycles. The van der Waals surface area contributed by atoms with Crippen molar-refractivity contribution in [2.45, 2.75) is 27.2 Å². The van der Waals surface area contributed by atoms with Crippen LogP contribution in [0.4, 0.5) is 0 Å². The van der Waals surface area contributed by atoms with E-state index in [0.717, 1.165) is 39.4 Å². The van der Waals surface area contributed by atoms with Crippen molar-refractivity contribution in [3.05, 3.63) is 0 Å². The first-order chi connectivity index (χ1) is 6.93. The van der Waals surface area contributed by atoms with Gasteiger partial charge in [-0.25, -0.2) is 0 Å². The largest absolute Gasteiger partial charge is 0.379 e. The molecule has 0 saturated carbocycles. The Balaban J connectivity index is 0. The van der Waals surface area contributed by atoms with Gasteiger partial charge in [0.15, 0.2) is 0 Å². The summed E-state index contributed by atoms with van der Waals surface area (Å²) in [6.07, 6.45) is 1.26. The predicted octanol–water partition coefficient (Wildman–Crippen LogP) is 1.59. The van der Waals surface area contributed by atoms with E-state index >= 15 is 0 Å². The van der Waals surface area contributed by atoms with Crippen LogP contribution in [0.2, 0.25) is 0 Å². The summed E-state index contributed by atoms with van der Waals surface area (Å²) in [5, 5.41) is 3.33. The maximum atomic E-state index is 5.27. The highest BCUT2D eigenvalue weighted by molar-refractivity contribution is 4.61. The Bertz CT molecular complexity index is 109. The SMILES string of the molecule is CC.CCNCCCN1CCOCC1.[HH]. The minimum atomic E-state index is 0. The molecule has 1 aliphatic heterocycles. The van der Waals surface area contributed by atoms with Gasteiger partial charge >= 0.3 is 0 Å². The van der Waals surface area contributed by atoms with Crippen molar-refractivity contribution >= 4 is 0 Å². The van der Waals surface area contributed by atoms with Crippen molar-refractivity contribution < 1.29 is 6.16 Å². The van der Waals surface area contributed by atoms with Crippen molar-refractivity contribution in [3.63, 3.8) is 0 Å². The molecule has 0 atom stereocenters. The minimum Gasteiger partial charge on any atom is -0.379 e. The van der Waals surface area contributed by atoms with Crippen LogP contribution < -0.4 is 5.32 Å². The smallest absolute Gasteiger partial charge is 0.0594 e. The molecule has 0 spiro atoms. The Kier molecular flexibility index (Phi) is 10.9. The van der Waals surface area contributed by atoms with Gasteiger partial charge in [-0.3, -0.25) is 4.90 Å². The summed E-state index contributed by atoms with van der Waals surface area (Å²) in [5.41, 5.74) is 0. The highest BCUT2D eigenvalue weighted by Gasteiger charge is 2.08. The first-order valence-corrected chi connectivity index (χ1v) is 5.94. The molecule has 0 unspecified atom stereocenters. The van der Waals surface area contributed by atoms with E-state index in [-0.39, 0.29) is 1.43 Å². The molecular formula is C11H28N2O. The fourth-order valence-corrected chi connectivity index (χ4v) is 1.43. The topological polar surface area (TPSA) is 24.5 Å². The molecule has 1 heterocycles. The van der Waals surface area contributed by atoms with Crippen LogP contribution in [0.15, 0.2) is 0 Å². The normalized spacial score (nSPS) is 17.4. The number of nitrogens with one attached hydrogen (secondary N) is 1. The lowest BCUT2D eigenvalue weighted by atomic mass is 10.3. The van der Waals surface area contributed by atoms with Gasteiger partial charge in [0.25, 0.3) is 0 Å². The molecule has 0 bridgehead atoms. The Morgan fingerprint density at radius 2 is 1.93 bits per heavy atom. The van der Waals surface area contributed by atoms with Crippen LogP contribution in [0.25, 0.3) is 0 Å². The van der Waals surface area contributed by atoms with E-state index in [1.54, 1.807) is 0 Å². The molecule has 0 radical (unpaired) electrons. The average molecular weight is 204 g/mol. The van der Waals surface area contributed by atoms with E-state index in [2.05, 4.69) is 17.1 Å².